The molecule has 0 aromatic heterocycles. The van der Waals surface area contributed by atoms with Crippen molar-refractivity contribution in [1.29, 1.82) is 0 Å². The Morgan fingerprint density at radius 1 is 1.14 bits per heavy atom. The Bertz CT molecular complexity index is 1450. The van der Waals surface area contributed by atoms with Gasteiger partial charge in [-0.15, -0.1) is 0 Å². The molecule has 1 heterocycles. The molecule has 1 saturated heterocycles. The van der Waals surface area contributed by atoms with Gasteiger partial charge in [0.1, 0.15) is 22.8 Å². The fourth-order valence-corrected chi connectivity index (χ4v) is 7.47. The molecule has 11 nitrogen and oxygen atoms in total. The Hall–Kier alpha value is -3.55. The minimum atomic E-state index is -2.71. The van der Waals surface area contributed by atoms with E-state index in [4.69, 9.17) is 5.73 Å². The van der Waals surface area contributed by atoms with Crippen LogP contribution in [-0.4, -0.2) is 107 Å². The Kier molecular flexibility index (Phi) is 7.81. The molecule has 1 saturated carbocycles. The number of anilines is 1. The van der Waals surface area contributed by atoms with Crippen LogP contribution in [0.2, 0.25) is 0 Å². The van der Waals surface area contributed by atoms with Crippen LogP contribution >= 0.6 is 0 Å². The Labute approximate surface area is 247 Å². The number of halogens is 2. The summed E-state index contributed by atoms with van der Waals surface area (Å²) in [5.74, 6) is -7.65. The van der Waals surface area contributed by atoms with E-state index in [0.29, 0.717) is 42.7 Å². The molecule has 2 fully saturated rings. The van der Waals surface area contributed by atoms with Crippen LogP contribution in [-0.2, 0) is 27.3 Å². The number of likely N-dealkylation sites (tertiary alicyclic amines) is 1. The number of aliphatic hydroxyl groups is 3. The molecule has 1 aromatic carbocycles. The number of phenolic OH excluding ortho intramolecular Hbond substituents is 1. The second kappa shape index (κ2) is 10.9. The number of benzene rings is 1. The van der Waals surface area contributed by atoms with Crippen molar-refractivity contribution in [3.63, 3.8) is 0 Å². The van der Waals surface area contributed by atoms with Gasteiger partial charge in [-0.2, -0.15) is 0 Å². The van der Waals surface area contributed by atoms with Crippen LogP contribution in [0, 0.1) is 17.8 Å². The van der Waals surface area contributed by atoms with Crippen molar-refractivity contribution in [2.24, 2.45) is 23.5 Å². The van der Waals surface area contributed by atoms with Crippen molar-refractivity contribution in [3.8, 4) is 5.75 Å². The first-order chi connectivity index (χ1) is 20.1. The number of likely N-dealkylation sites (N-methyl/N-ethyl adjacent to an activating group) is 1. The molecule has 3 aliphatic carbocycles. The Balaban J connectivity index is 1.62. The molecule has 13 heteroatoms. The SMILES string of the molecule is CN(C)c1cc(CN2CCC(C(F)F)CC2)c(O)c2c1C[C@H]1C[C@H]3[C@H](N(C)C)C(=O)C(C(N)=O)=C(O)[C@@]3(O)C(=O)C1=C2O. The number of primary amides is 1. The number of nitrogens with zero attached hydrogens (tertiary/aromatic N) is 3. The van der Waals surface area contributed by atoms with Gasteiger partial charge >= 0.3 is 0 Å². The largest absolute Gasteiger partial charge is 0.508 e. The fourth-order valence-electron chi connectivity index (χ4n) is 7.47. The summed E-state index contributed by atoms with van der Waals surface area (Å²) in [6.07, 6.45) is -1.58. The van der Waals surface area contributed by atoms with E-state index in [2.05, 4.69) is 0 Å². The minimum absolute atomic E-state index is 0.000223. The van der Waals surface area contributed by atoms with E-state index in [1.54, 1.807) is 34.3 Å². The number of alkyl halides is 2. The lowest BCUT2D eigenvalue weighted by atomic mass is 9.57. The molecule has 6 N–H and O–H groups in total. The Morgan fingerprint density at radius 2 is 1.77 bits per heavy atom. The number of nitrogens with two attached hydrogens (primary N) is 1. The molecule has 5 rings (SSSR count). The topological polar surface area (TPSA) is 168 Å². The standard InChI is InChI=1S/C30H38F2N4O7/c1-34(2)18-11-15(12-36-7-5-13(6-8-36)28(31)32)23(37)20-16(18)9-14-10-17-22(35(3)4)25(39)21(29(33)42)27(41)30(17,43)26(40)19(14)24(20)38/h11,13-14,17,22,28,37-38,41,43H,5-10,12H2,1-4H3,(H2,33,42)/t14-,17-,22-,30-/m0/s1. The zero-order valence-electron chi connectivity index (χ0n) is 24.6. The summed E-state index contributed by atoms with van der Waals surface area (Å²) >= 11 is 0. The summed E-state index contributed by atoms with van der Waals surface area (Å²) in [6.45, 7) is 1.04. The van der Waals surface area contributed by atoms with Crippen LogP contribution in [0.25, 0.3) is 5.76 Å². The van der Waals surface area contributed by atoms with Crippen molar-refractivity contribution in [1.82, 2.24) is 9.80 Å². The van der Waals surface area contributed by atoms with Crippen molar-refractivity contribution < 1.29 is 43.6 Å². The first kappa shape index (κ1) is 30.9. The van der Waals surface area contributed by atoms with Crippen LogP contribution in [0.3, 0.4) is 0 Å². The number of Topliss-reactive ketones (excluding diaryl/α,β-unsaturated/α-hetero) is 2. The fraction of sp³-hybridized carbons (Fsp3) is 0.567. The molecule has 4 aliphatic rings. The van der Waals surface area contributed by atoms with Crippen LogP contribution in [0.15, 0.2) is 23.0 Å². The van der Waals surface area contributed by atoms with Gasteiger partial charge in [0.15, 0.2) is 11.4 Å². The van der Waals surface area contributed by atoms with Crippen LogP contribution in [0.5, 0.6) is 5.75 Å². The van der Waals surface area contributed by atoms with E-state index in [9.17, 15) is 43.6 Å². The lowest BCUT2D eigenvalue weighted by Gasteiger charge is -2.50. The number of amides is 1. The second-order valence-corrected chi connectivity index (χ2v) is 12.6. The summed E-state index contributed by atoms with van der Waals surface area (Å²) in [5, 5.41) is 45.9. The number of hydrogen-bond donors (Lipinski definition) is 5. The molecule has 0 unspecified atom stereocenters. The molecular weight excluding hydrogens is 566 g/mol. The van der Waals surface area contributed by atoms with Crippen LogP contribution in [0.1, 0.15) is 36.0 Å². The van der Waals surface area contributed by atoms with Crippen molar-refractivity contribution in [2.45, 2.75) is 50.3 Å². The third-order valence-electron chi connectivity index (χ3n) is 9.64. The van der Waals surface area contributed by atoms with Gasteiger partial charge in [0.05, 0.1) is 11.6 Å². The number of carbonyl (C=O) groups excluding carboxylic acids is 3. The molecule has 0 bridgehead atoms. The lowest BCUT2D eigenvalue weighted by molar-refractivity contribution is -0.153. The maximum absolute atomic E-state index is 14.1. The van der Waals surface area contributed by atoms with Crippen molar-refractivity contribution in [3.05, 3.63) is 39.7 Å². The number of aromatic hydroxyl groups is 1. The highest BCUT2D eigenvalue weighted by Gasteiger charge is 2.64. The van der Waals surface area contributed by atoms with Gasteiger partial charge in [-0.05, 0) is 70.4 Å². The number of aliphatic hydroxyl groups excluding tert-OH is 2. The molecule has 234 valence electrons. The highest BCUT2D eigenvalue weighted by Crippen LogP contribution is 2.54. The first-order valence-electron chi connectivity index (χ1n) is 14.3. The molecule has 43 heavy (non-hydrogen) atoms. The number of piperidine rings is 1. The van der Waals surface area contributed by atoms with Gasteiger partial charge in [-0.1, -0.05) is 0 Å². The predicted molar refractivity (Wildman–Crippen MR) is 153 cm³/mol. The van der Waals surface area contributed by atoms with E-state index in [1.807, 2.05) is 9.80 Å². The second-order valence-electron chi connectivity index (χ2n) is 12.6. The quantitative estimate of drug-likeness (QED) is 0.300. The van der Waals surface area contributed by atoms with Gasteiger partial charge in [-0.3, -0.25) is 24.2 Å². The highest BCUT2D eigenvalue weighted by molar-refractivity contribution is 6.24. The maximum Gasteiger partial charge on any atom is 0.255 e. The summed E-state index contributed by atoms with van der Waals surface area (Å²) in [7, 11) is 6.68. The van der Waals surface area contributed by atoms with E-state index < -0.39 is 70.4 Å². The number of fused-ring (bicyclic) bond motifs is 3. The van der Waals surface area contributed by atoms with Crippen molar-refractivity contribution in [2.75, 3.05) is 46.2 Å². The number of ketones is 2. The normalized spacial score (nSPS) is 28.3. The molecule has 1 amide bonds. The monoisotopic (exact) mass is 604 g/mol. The summed E-state index contributed by atoms with van der Waals surface area (Å²) < 4.78 is 26.3. The van der Waals surface area contributed by atoms with E-state index in [-0.39, 0.29) is 36.3 Å². The lowest BCUT2D eigenvalue weighted by Crippen LogP contribution is -2.65. The summed E-state index contributed by atoms with van der Waals surface area (Å²) in [6, 6.07) is 0.628. The number of rotatable bonds is 6. The molecular formula is C30H38F2N4O7. The van der Waals surface area contributed by atoms with Gasteiger partial charge < -0.3 is 31.1 Å². The third-order valence-corrected chi connectivity index (χ3v) is 9.64. The van der Waals surface area contributed by atoms with E-state index in [0.717, 1.165) is 0 Å². The average molecular weight is 605 g/mol. The van der Waals surface area contributed by atoms with Gasteiger partial charge in [0.2, 0.25) is 12.2 Å². The number of carbonyl (C=O) groups is 3. The first-order valence-corrected chi connectivity index (χ1v) is 14.3. The van der Waals surface area contributed by atoms with Crippen LogP contribution in [0.4, 0.5) is 14.5 Å². The molecule has 1 aromatic rings. The third kappa shape index (κ3) is 4.68. The summed E-state index contributed by atoms with van der Waals surface area (Å²) in [4.78, 5) is 44.8. The van der Waals surface area contributed by atoms with Crippen LogP contribution < -0.4 is 10.6 Å². The van der Waals surface area contributed by atoms with Gasteiger partial charge in [-0.25, -0.2) is 8.78 Å². The van der Waals surface area contributed by atoms with Crippen molar-refractivity contribution >= 4 is 28.9 Å². The van der Waals surface area contributed by atoms with E-state index >= 15 is 0 Å². The molecule has 0 spiro atoms. The average Bonchev–Trinajstić information content (AvgIpc) is 2.92. The predicted octanol–water partition coefficient (Wildman–Crippen LogP) is 1.51. The number of phenols is 1. The highest BCUT2D eigenvalue weighted by atomic mass is 19.3. The zero-order valence-corrected chi connectivity index (χ0v) is 24.6. The smallest absolute Gasteiger partial charge is 0.255 e. The zero-order chi connectivity index (χ0) is 31.7. The maximum atomic E-state index is 14.1. The molecule has 0 radical (unpaired) electrons. The Morgan fingerprint density at radius 3 is 2.30 bits per heavy atom. The number of hydrogen-bond acceptors (Lipinski definition) is 10. The van der Waals surface area contributed by atoms with E-state index in [1.165, 1.54) is 4.90 Å². The van der Waals surface area contributed by atoms with Gasteiger partial charge in [0.25, 0.3) is 5.91 Å². The molecule has 4 atom stereocenters. The molecule has 1 aliphatic heterocycles. The van der Waals surface area contributed by atoms with Gasteiger partial charge in [0, 0.05) is 49.3 Å². The minimum Gasteiger partial charge on any atom is -0.508 e. The summed E-state index contributed by atoms with van der Waals surface area (Å²) in [5.41, 5.74) is 3.26.